The van der Waals surface area contributed by atoms with Crippen LogP contribution in [0.3, 0.4) is 0 Å². The molecular weight excluding hydrogens is 178 g/mol. The van der Waals surface area contributed by atoms with Crippen molar-refractivity contribution in [3.05, 3.63) is 0 Å². The number of hydrogen-bond donors (Lipinski definition) is 2. The van der Waals surface area contributed by atoms with E-state index in [0.717, 1.165) is 0 Å². The highest BCUT2D eigenvalue weighted by Crippen LogP contribution is 2.39. The van der Waals surface area contributed by atoms with Crippen molar-refractivity contribution in [3.63, 3.8) is 0 Å². The van der Waals surface area contributed by atoms with E-state index in [9.17, 15) is 9.59 Å². The zero-order valence-electron chi connectivity index (χ0n) is 6.78. The third-order valence-corrected chi connectivity index (χ3v) is 2.36. The van der Waals surface area contributed by atoms with E-state index in [4.69, 9.17) is 9.84 Å². The molecule has 2 N–H and O–H groups in total. The van der Waals surface area contributed by atoms with Gasteiger partial charge in [0.25, 0.3) is 0 Å². The molecule has 0 aromatic heterocycles. The van der Waals surface area contributed by atoms with Gasteiger partial charge in [0, 0.05) is 13.1 Å². The Morgan fingerprint density at radius 3 is 2.54 bits per heavy atom. The summed E-state index contributed by atoms with van der Waals surface area (Å²) in [6, 6.07) is 0. The van der Waals surface area contributed by atoms with Crippen molar-refractivity contribution in [2.45, 2.75) is 6.29 Å². The van der Waals surface area contributed by atoms with Crippen LogP contribution in [0.4, 0.5) is 0 Å². The summed E-state index contributed by atoms with van der Waals surface area (Å²) < 4.78 is 9.57. The van der Waals surface area contributed by atoms with Crippen molar-refractivity contribution in [1.29, 1.82) is 0 Å². The molecule has 2 aliphatic heterocycles. The highest BCUT2D eigenvalue weighted by atomic mass is 16.7. The third-order valence-electron chi connectivity index (χ3n) is 2.36. The molecule has 13 heavy (non-hydrogen) atoms. The number of carbonyl (C=O) groups excluding carboxylic acids is 1. The summed E-state index contributed by atoms with van der Waals surface area (Å²) in [5, 5.41) is 11.3. The van der Waals surface area contributed by atoms with Gasteiger partial charge >= 0.3 is 11.9 Å². The van der Waals surface area contributed by atoms with Gasteiger partial charge in [-0.3, -0.25) is 0 Å². The van der Waals surface area contributed by atoms with E-state index in [2.05, 4.69) is 10.1 Å². The molecule has 2 fully saturated rings. The highest BCUT2D eigenvalue weighted by molar-refractivity contribution is 6.28. The van der Waals surface area contributed by atoms with Crippen LogP contribution >= 0.6 is 0 Å². The van der Waals surface area contributed by atoms with Crippen LogP contribution in [0.15, 0.2) is 0 Å². The lowest BCUT2D eigenvalue weighted by atomic mass is 9.78. The monoisotopic (exact) mass is 187 g/mol. The normalized spacial score (nSPS) is 28.8. The van der Waals surface area contributed by atoms with Gasteiger partial charge in [-0.2, -0.15) is 0 Å². The van der Waals surface area contributed by atoms with Crippen LogP contribution in [0, 0.1) is 5.41 Å². The minimum Gasteiger partial charge on any atom is -0.473 e. The molecule has 0 aliphatic carbocycles. The number of carboxylic acid groups (broad SMARTS) is 1. The molecule has 1 atom stereocenters. The molecular formula is C7H9NO5. The molecule has 2 aliphatic rings. The average Bonchev–Trinajstić information content (AvgIpc) is 1.94. The largest absolute Gasteiger partial charge is 0.473 e. The topological polar surface area (TPSA) is 84.9 Å². The summed E-state index contributed by atoms with van der Waals surface area (Å²) in [5.74, 6) is -2.84. The van der Waals surface area contributed by atoms with Crippen molar-refractivity contribution in [2.24, 2.45) is 5.41 Å². The Morgan fingerprint density at radius 1 is 1.54 bits per heavy atom. The van der Waals surface area contributed by atoms with Crippen molar-refractivity contribution in [2.75, 3.05) is 19.7 Å². The van der Waals surface area contributed by atoms with Crippen LogP contribution in [-0.4, -0.2) is 43.0 Å². The minimum absolute atomic E-state index is 0.162. The van der Waals surface area contributed by atoms with Gasteiger partial charge in [-0.1, -0.05) is 0 Å². The Kier molecular flexibility index (Phi) is 1.74. The van der Waals surface area contributed by atoms with Crippen molar-refractivity contribution < 1.29 is 24.2 Å². The third kappa shape index (κ3) is 1.18. The summed E-state index contributed by atoms with van der Waals surface area (Å²) >= 11 is 0. The summed E-state index contributed by atoms with van der Waals surface area (Å²) in [7, 11) is 0. The zero-order chi connectivity index (χ0) is 9.47. The Bertz CT molecular complexity index is 254. The Balaban J connectivity index is 1.89. The summed E-state index contributed by atoms with van der Waals surface area (Å²) in [4.78, 5) is 20.8. The number of carbonyl (C=O) groups is 2. The summed E-state index contributed by atoms with van der Waals surface area (Å²) in [6.45, 7) is 1.95. The van der Waals surface area contributed by atoms with Gasteiger partial charge in [0.05, 0.1) is 12.0 Å². The van der Waals surface area contributed by atoms with E-state index in [0.29, 0.717) is 19.7 Å². The fraction of sp³-hybridized carbons (Fsp3) is 0.714. The molecule has 72 valence electrons. The first-order valence-electron chi connectivity index (χ1n) is 3.90. The minimum atomic E-state index is -1.59. The summed E-state index contributed by atoms with van der Waals surface area (Å²) in [5.41, 5.74) is -0.162. The number of rotatable bonds is 1. The van der Waals surface area contributed by atoms with E-state index in [1.165, 1.54) is 0 Å². The predicted molar refractivity (Wildman–Crippen MR) is 38.8 cm³/mol. The van der Waals surface area contributed by atoms with Gasteiger partial charge in [-0.05, 0) is 0 Å². The molecule has 2 saturated heterocycles. The second-order valence-electron chi connectivity index (χ2n) is 3.32. The maximum Gasteiger partial charge on any atom is 0.419 e. The molecule has 0 radical (unpaired) electrons. The standard InChI is InChI=1S/C7H9NO5/c9-4(10)5(11)13-6-7(3-12-6)1-8-2-7/h6,8H,1-3H2,(H,9,10). The molecule has 0 amide bonds. The van der Waals surface area contributed by atoms with Crippen LogP contribution < -0.4 is 5.32 Å². The molecule has 0 aromatic rings. The van der Waals surface area contributed by atoms with E-state index < -0.39 is 18.2 Å². The van der Waals surface area contributed by atoms with Gasteiger partial charge in [0.15, 0.2) is 0 Å². The number of carboxylic acids is 1. The second kappa shape index (κ2) is 2.68. The van der Waals surface area contributed by atoms with Crippen molar-refractivity contribution >= 4 is 11.9 Å². The second-order valence-corrected chi connectivity index (χ2v) is 3.32. The van der Waals surface area contributed by atoms with Crippen LogP contribution in [0.2, 0.25) is 0 Å². The van der Waals surface area contributed by atoms with Gasteiger partial charge in [-0.15, -0.1) is 0 Å². The van der Waals surface area contributed by atoms with E-state index in [-0.39, 0.29) is 5.41 Å². The van der Waals surface area contributed by atoms with Crippen molar-refractivity contribution in [1.82, 2.24) is 5.32 Å². The van der Waals surface area contributed by atoms with Gasteiger partial charge in [0.2, 0.25) is 6.29 Å². The van der Waals surface area contributed by atoms with Crippen LogP contribution in [-0.2, 0) is 19.1 Å². The number of aliphatic carboxylic acids is 1. The number of esters is 1. The molecule has 1 unspecified atom stereocenters. The fourth-order valence-electron chi connectivity index (χ4n) is 1.41. The molecule has 0 saturated carbocycles. The Morgan fingerprint density at radius 2 is 2.23 bits per heavy atom. The fourth-order valence-corrected chi connectivity index (χ4v) is 1.41. The molecule has 6 nitrogen and oxygen atoms in total. The number of ether oxygens (including phenoxy) is 2. The lowest BCUT2D eigenvalue weighted by Gasteiger charge is -2.53. The first kappa shape index (κ1) is 8.46. The van der Waals surface area contributed by atoms with Crippen LogP contribution in [0.1, 0.15) is 0 Å². The van der Waals surface area contributed by atoms with E-state index >= 15 is 0 Å². The molecule has 2 rings (SSSR count). The van der Waals surface area contributed by atoms with Crippen molar-refractivity contribution in [3.8, 4) is 0 Å². The molecule has 1 spiro atoms. The highest BCUT2D eigenvalue weighted by Gasteiger charge is 2.55. The Hall–Kier alpha value is -1.14. The first-order chi connectivity index (χ1) is 6.14. The predicted octanol–water partition coefficient (Wildman–Crippen LogP) is -1.44. The molecule has 0 aromatic carbocycles. The summed E-state index contributed by atoms with van der Waals surface area (Å²) in [6.07, 6.45) is -0.683. The van der Waals surface area contributed by atoms with E-state index in [1.807, 2.05) is 0 Å². The SMILES string of the molecule is O=C(O)C(=O)OC1OCC12CNC2. The molecule has 0 bridgehead atoms. The maximum absolute atomic E-state index is 10.7. The lowest BCUT2D eigenvalue weighted by Crippen LogP contribution is -2.70. The van der Waals surface area contributed by atoms with Gasteiger partial charge in [0.1, 0.15) is 0 Å². The van der Waals surface area contributed by atoms with Gasteiger partial charge < -0.3 is 19.9 Å². The number of hydrogen-bond acceptors (Lipinski definition) is 5. The average molecular weight is 187 g/mol. The van der Waals surface area contributed by atoms with Gasteiger partial charge in [-0.25, -0.2) is 9.59 Å². The first-order valence-corrected chi connectivity index (χ1v) is 3.90. The van der Waals surface area contributed by atoms with Crippen LogP contribution in [0.25, 0.3) is 0 Å². The lowest BCUT2D eigenvalue weighted by molar-refractivity contribution is -0.308. The smallest absolute Gasteiger partial charge is 0.419 e. The van der Waals surface area contributed by atoms with E-state index in [1.54, 1.807) is 0 Å². The maximum atomic E-state index is 10.7. The van der Waals surface area contributed by atoms with Crippen LogP contribution in [0.5, 0.6) is 0 Å². The zero-order valence-corrected chi connectivity index (χ0v) is 6.78. The quantitative estimate of drug-likeness (QED) is 0.386. The Labute approximate surface area is 73.8 Å². The molecule has 6 heteroatoms. The molecule has 2 heterocycles. The number of nitrogens with one attached hydrogen (secondary N) is 1.